The van der Waals surface area contributed by atoms with Crippen molar-refractivity contribution in [3.05, 3.63) is 11.8 Å². The van der Waals surface area contributed by atoms with E-state index in [4.69, 9.17) is 11.5 Å². The van der Waals surface area contributed by atoms with E-state index in [0.29, 0.717) is 17.7 Å². The lowest BCUT2D eigenvalue weighted by molar-refractivity contribution is -0.208. The molecule has 1 aliphatic carbocycles. The van der Waals surface area contributed by atoms with E-state index in [1.165, 1.54) is 0 Å². The first-order chi connectivity index (χ1) is 12.7. The first-order valence-corrected chi connectivity index (χ1v) is 8.51. The van der Waals surface area contributed by atoms with E-state index < -0.39 is 53.4 Å². The quantitative estimate of drug-likeness (QED) is 0.605. The molecule has 0 saturated heterocycles. The zero-order valence-corrected chi connectivity index (χ0v) is 15.2. The Morgan fingerprint density at radius 1 is 1.32 bits per heavy atom. The summed E-state index contributed by atoms with van der Waals surface area (Å²) >= 11 is 0. The Bertz CT molecular complexity index is 861. The van der Waals surface area contributed by atoms with E-state index in [-0.39, 0.29) is 11.5 Å². The molecule has 3 rings (SSSR count). The van der Waals surface area contributed by atoms with Crippen LogP contribution in [0.15, 0.2) is 6.07 Å². The maximum atomic E-state index is 13.4. The van der Waals surface area contributed by atoms with Crippen LogP contribution in [0.5, 0.6) is 0 Å². The third kappa shape index (κ3) is 2.65. The van der Waals surface area contributed by atoms with Crippen molar-refractivity contribution in [2.45, 2.75) is 39.1 Å². The second-order valence-electron chi connectivity index (χ2n) is 7.85. The number of fused-ring (bicyclic) bond motifs is 1. The van der Waals surface area contributed by atoms with Crippen molar-refractivity contribution in [3.63, 3.8) is 0 Å². The largest absolute Gasteiger partial charge is 0.395 e. The van der Waals surface area contributed by atoms with Gasteiger partial charge in [0, 0.05) is 12.6 Å². The highest BCUT2D eigenvalue weighted by Crippen LogP contribution is 2.55. The Balaban J connectivity index is 2.20. The molecule has 0 aromatic carbocycles. The van der Waals surface area contributed by atoms with Gasteiger partial charge in [-0.05, 0) is 32.6 Å². The molecule has 3 amide bonds. The van der Waals surface area contributed by atoms with Crippen LogP contribution in [-0.2, 0) is 9.59 Å². The number of halogens is 3. The fraction of sp³-hybridized carbons (Fsp3) is 0.625. The summed E-state index contributed by atoms with van der Waals surface area (Å²) in [6.45, 7) is 0.919. The number of rotatable bonds is 5. The Morgan fingerprint density at radius 2 is 1.89 bits per heavy atom. The van der Waals surface area contributed by atoms with Crippen molar-refractivity contribution in [3.8, 4) is 0 Å². The topological polar surface area (TPSA) is 145 Å². The molecule has 9 nitrogen and oxygen atoms in total. The molecule has 2 unspecified atom stereocenters. The van der Waals surface area contributed by atoms with Gasteiger partial charge in [-0.2, -0.15) is 18.3 Å². The Labute approximate surface area is 157 Å². The van der Waals surface area contributed by atoms with E-state index >= 15 is 0 Å². The number of anilines is 1. The van der Waals surface area contributed by atoms with E-state index in [1.807, 2.05) is 0 Å². The molecule has 2 aliphatic rings. The number of carbonyl (C=O) groups is 3. The van der Waals surface area contributed by atoms with Crippen LogP contribution in [0.4, 0.5) is 19.0 Å². The normalized spacial score (nSPS) is 25.6. The molecule has 154 valence electrons. The number of nitrogens with two attached hydrogens (primary N) is 2. The number of hydrogen-bond acceptors (Lipinski definition) is 5. The lowest BCUT2D eigenvalue weighted by atomic mass is 9.76. The third-order valence-corrected chi connectivity index (χ3v) is 5.43. The molecule has 0 spiro atoms. The standard InChI is InChI=1S/C16H20F3N5O4/c1-14(2,16(17,18)19)6-23-9-5-8(10(20)25)22-24(9)13(28)15(11(21)26,12(23)27)7-3-4-7/h5,7,13,28H,3-4,6H2,1-2H3,(H2,20,25)(H2,21,26). The first-order valence-electron chi connectivity index (χ1n) is 8.51. The van der Waals surface area contributed by atoms with Crippen LogP contribution in [0.1, 0.15) is 43.4 Å². The van der Waals surface area contributed by atoms with Gasteiger partial charge in [0.25, 0.3) is 5.91 Å². The average molecular weight is 403 g/mol. The molecular weight excluding hydrogens is 383 g/mol. The number of nitrogens with zero attached hydrogens (tertiary/aromatic N) is 3. The number of primary amides is 2. The summed E-state index contributed by atoms with van der Waals surface area (Å²) in [7, 11) is 0. The van der Waals surface area contributed by atoms with Crippen LogP contribution in [0.2, 0.25) is 0 Å². The highest BCUT2D eigenvalue weighted by molar-refractivity contribution is 6.13. The second kappa shape index (κ2) is 5.93. The molecule has 2 heterocycles. The molecule has 28 heavy (non-hydrogen) atoms. The summed E-state index contributed by atoms with van der Waals surface area (Å²) in [6, 6.07) is 1.01. The predicted octanol–water partition coefficient (Wildman–Crippen LogP) is 0.290. The monoisotopic (exact) mass is 403 g/mol. The summed E-state index contributed by atoms with van der Waals surface area (Å²) < 4.78 is 41.1. The predicted molar refractivity (Wildman–Crippen MR) is 88.5 cm³/mol. The van der Waals surface area contributed by atoms with Gasteiger partial charge in [-0.15, -0.1) is 0 Å². The highest BCUT2D eigenvalue weighted by Gasteiger charge is 2.66. The fourth-order valence-corrected chi connectivity index (χ4v) is 3.51. The Kier molecular flexibility index (Phi) is 4.26. The van der Waals surface area contributed by atoms with Gasteiger partial charge in [0.15, 0.2) is 17.3 Å². The van der Waals surface area contributed by atoms with E-state index in [9.17, 15) is 32.7 Å². The SMILES string of the molecule is CC(C)(CN1C(=O)C(C(N)=O)(C2CC2)C(O)n2nc(C(N)=O)cc21)C(F)(F)F. The smallest absolute Gasteiger partial charge is 0.370 e. The van der Waals surface area contributed by atoms with Gasteiger partial charge in [0.05, 0.1) is 5.41 Å². The first kappa shape index (κ1) is 20.1. The van der Waals surface area contributed by atoms with Gasteiger partial charge in [-0.1, -0.05) is 0 Å². The van der Waals surface area contributed by atoms with Gasteiger partial charge < -0.3 is 16.6 Å². The van der Waals surface area contributed by atoms with E-state index in [1.54, 1.807) is 0 Å². The van der Waals surface area contributed by atoms with Crippen LogP contribution in [-0.4, -0.2) is 45.3 Å². The molecular formula is C16H20F3N5O4. The number of hydrogen-bond donors (Lipinski definition) is 3. The molecule has 1 aromatic rings. The lowest BCUT2D eigenvalue weighted by Gasteiger charge is -2.45. The van der Waals surface area contributed by atoms with E-state index in [0.717, 1.165) is 24.6 Å². The minimum atomic E-state index is -4.67. The maximum Gasteiger partial charge on any atom is 0.395 e. The Morgan fingerprint density at radius 3 is 2.32 bits per heavy atom. The van der Waals surface area contributed by atoms with Crippen molar-refractivity contribution >= 4 is 23.5 Å². The molecule has 0 radical (unpaired) electrons. The minimum Gasteiger partial charge on any atom is -0.370 e. The summed E-state index contributed by atoms with van der Waals surface area (Å²) in [4.78, 5) is 37.8. The van der Waals surface area contributed by atoms with Gasteiger partial charge in [-0.25, -0.2) is 4.68 Å². The summed E-state index contributed by atoms with van der Waals surface area (Å²) in [5.74, 6) is -4.12. The number of aromatic nitrogens is 2. The summed E-state index contributed by atoms with van der Waals surface area (Å²) in [5.41, 5.74) is 5.73. The van der Waals surface area contributed by atoms with Crippen molar-refractivity contribution in [1.29, 1.82) is 0 Å². The molecule has 1 saturated carbocycles. The fourth-order valence-electron chi connectivity index (χ4n) is 3.51. The molecule has 5 N–H and O–H groups in total. The zero-order valence-electron chi connectivity index (χ0n) is 15.2. The van der Waals surface area contributed by atoms with Crippen LogP contribution in [0, 0.1) is 16.7 Å². The molecule has 1 aromatic heterocycles. The van der Waals surface area contributed by atoms with Crippen molar-refractivity contribution in [2.75, 3.05) is 11.4 Å². The van der Waals surface area contributed by atoms with Crippen LogP contribution < -0.4 is 16.4 Å². The molecule has 0 bridgehead atoms. The molecule has 2 atom stereocenters. The number of aliphatic hydroxyl groups is 1. The molecule has 1 fully saturated rings. The van der Waals surface area contributed by atoms with Crippen molar-refractivity contribution < 1.29 is 32.7 Å². The van der Waals surface area contributed by atoms with Crippen molar-refractivity contribution in [1.82, 2.24) is 9.78 Å². The van der Waals surface area contributed by atoms with Gasteiger partial charge in [0.2, 0.25) is 11.8 Å². The van der Waals surface area contributed by atoms with Gasteiger partial charge >= 0.3 is 6.18 Å². The lowest BCUT2D eigenvalue weighted by Crippen LogP contribution is -2.63. The molecule has 12 heteroatoms. The van der Waals surface area contributed by atoms with Crippen LogP contribution in [0.3, 0.4) is 0 Å². The third-order valence-electron chi connectivity index (χ3n) is 5.43. The number of alkyl halides is 3. The zero-order chi connectivity index (χ0) is 21.2. The molecule has 1 aliphatic heterocycles. The number of aliphatic hydroxyl groups excluding tert-OH is 1. The summed E-state index contributed by atoms with van der Waals surface area (Å²) in [6.07, 6.45) is -5.75. The van der Waals surface area contributed by atoms with Crippen molar-refractivity contribution in [2.24, 2.45) is 28.2 Å². The maximum absolute atomic E-state index is 13.4. The number of carbonyl (C=O) groups excluding carboxylic acids is 3. The second-order valence-corrected chi connectivity index (χ2v) is 7.85. The highest BCUT2D eigenvalue weighted by atomic mass is 19.4. The number of amides is 3. The summed E-state index contributed by atoms with van der Waals surface area (Å²) in [5, 5.41) is 14.6. The van der Waals surface area contributed by atoms with Gasteiger partial charge in [-0.3, -0.25) is 19.3 Å². The average Bonchev–Trinajstić information content (AvgIpc) is 3.28. The van der Waals surface area contributed by atoms with Gasteiger partial charge in [0.1, 0.15) is 5.82 Å². The van der Waals surface area contributed by atoms with E-state index in [2.05, 4.69) is 5.10 Å². The Hall–Kier alpha value is -2.63. The van der Waals surface area contributed by atoms with Crippen LogP contribution in [0.25, 0.3) is 0 Å². The minimum absolute atomic E-state index is 0.263. The van der Waals surface area contributed by atoms with Crippen LogP contribution >= 0.6 is 0 Å².